The van der Waals surface area contributed by atoms with Gasteiger partial charge in [-0.15, -0.1) is 0 Å². The van der Waals surface area contributed by atoms with Gasteiger partial charge in [0.25, 0.3) is 5.91 Å². The molecule has 1 unspecified atom stereocenters. The van der Waals surface area contributed by atoms with Crippen LogP contribution in [0.4, 0.5) is 16.2 Å². The van der Waals surface area contributed by atoms with Crippen molar-refractivity contribution in [1.82, 2.24) is 10.3 Å². The molecule has 0 saturated carbocycles. The lowest BCUT2D eigenvalue weighted by atomic mass is 10.0. The third kappa shape index (κ3) is 7.16. The molecule has 2 aromatic carbocycles. The number of nitrogens with zero attached hydrogens (tertiary/aromatic N) is 1. The first-order valence-corrected chi connectivity index (χ1v) is 12.4. The number of amides is 3. The van der Waals surface area contributed by atoms with Gasteiger partial charge in [0.15, 0.2) is 0 Å². The van der Waals surface area contributed by atoms with Crippen molar-refractivity contribution in [3.05, 3.63) is 89.2 Å². The molecule has 1 aliphatic carbocycles. The summed E-state index contributed by atoms with van der Waals surface area (Å²) in [5.74, 6) is -0.289. The Morgan fingerprint density at radius 2 is 1.76 bits per heavy atom. The molecule has 3 aromatic rings. The molecule has 192 valence electrons. The lowest BCUT2D eigenvalue weighted by Crippen LogP contribution is -2.27. The van der Waals surface area contributed by atoms with E-state index < -0.39 is 11.7 Å². The molecule has 0 aliphatic heterocycles. The number of hydrogen-bond donors (Lipinski definition) is 3. The van der Waals surface area contributed by atoms with Gasteiger partial charge in [-0.1, -0.05) is 24.3 Å². The maximum Gasteiger partial charge on any atom is 0.412 e. The fraction of sp³-hybridized carbons (Fsp3) is 0.310. The summed E-state index contributed by atoms with van der Waals surface area (Å²) in [7, 11) is 0. The van der Waals surface area contributed by atoms with E-state index in [1.54, 1.807) is 63.5 Å². The van der Waals surface area contributed by atoms with E-state index in [2.05, 4.69) is 20.9 Å². The number of nitrogens with one attached hydrogen (secondary N) is 3. The SMILES string of the molecule is CC(C)(C)OC(=O)Nc1ccccc1NC(=O)c1ccc2c(c1)CCC2NC(=O)CCc1cccnc1. The summed E-state index contributed by atoms with van der Waals surface area (Å²) >= 11 is 0. The highest BCUT2D eigenvalue weighted by molar-refractivity contribution is 6.07. The molecule has 0 saturated heterocycles. The lowest BCUT2D eigenvalue weighted by molar-refractivity contribution is -0.121. The highest BCUT2D eigenvalue weighted by Gasteiger charge is 2.25. The molecule has 1 atom stereocenters. The summed E-state index contributed by atoms with van der Waals surface area (Å²) in [6.45, 7) is 5.35. The van der Waals surface area contributed by atoms with Crippen molar-refractivity contribution in [2.24, 2.45) is 0 Å². The van der Waals surface area contributed by atoms with Crippen LogP contribution in [0.25, 0.3) is 0 Å². The number of benzene rings is 2. The van der Waals surface area contributed by atoms with Crippen LogP contribution in [0.3, 0.4) is 0 Å². The summed E-state index contributed by atoms with van der Waals surface area (Å²) < 4.78 is 5.32. The largest absolute Gasteiger partial charge is 0.444 e. The van der Waals surface area contributed by atoms with Crippen molar-refractivity contribution in [3.8, 4) is 0 Å². The van der Waals surface area contributed by atoms with E-state index in [0.717, 1.165) is 29.5 Å². The van der Waals surface area contributed by atoms with Gasteiger partial charge in [-0.2, -0.15) is 0 Å². The van der Waals surface area contributed by atoms with Crippen molar-refractivity contribution in [1.29, 1.82) is 0 Å². The molecule has 0 fully saturated rings. The Morgan fingerprint density at radius 3 is 2.46 bits per heavy atom. The first kappa shape index (κ1) is 25.9. The molecule has 4 rings (SSSR count). The predicted molar refractivity (Wildman–Crippen MR) is 142 cm³/mol. The molecule has 3 amide bonds. The van der Waals surface area contributed by atoms with Crippen LogP contribution in [0.5, 0.6) is 0 Å². The van der Waals surface area contributed by atoms with Crippen LogP contribution < -0.4 is 16.0 Å². The average Bonchev–Trinajstić information content (AvgIpc) is 3.25. The van der Waals surface area contributed by atoms with Crippen LogP contribution in [-0.4, -0.2) is 28.5 Å². The van der Waals surface area contributed by atoms with E-state index in [4.69, 9.17) is 4.74 Å². The number of pyridine rings is 1. The molecular formula is C29H32N4O4. The minimum absolute atomic E-state index is 0.00221. The summed E-state index contributed by atoms with van der Waals surface area (Å²) in [6, 6.07) is 16.3. The van der Waals surface area contributed by atoms with Crippen LogP contribution in [0.1, 0.15) is 66.7 Å². The van der Waals surface area contributed by atoms with Crippen LogP contribution in [-0.2, 0) is 22.4 Å². The van der Waals surface area contributed by atoms with Crippen LogP contribution >= 0.6 is 0 Å². The van der Waals surface area contributed by atoms with E-state index in [-0.39, 0.29) is 17.9 Å². The van der Waals surface area contributed by atoms with Crippen LogP contribution in [0.15, 0.2) is 67.0 Å². The van der Waals surface area contributed by atoms with Gasteiger partial charge in [0, 0.05) is 24.4 Å². The normalized spacial score (nSPS) is 14.4. The standard InChI is InChI=1S/C29H32N4O4/c1-29(2,3)37-28(36)33-25-9-5-4-8-24(25)32-27(35)21-11-13-22-20(17-21)12-14-23(22)31-26(34)15-10-19-7-6-16-30-18-19/h4-9,11,13,16-18,23H,10,12,14-15H2,1-3H3,(H,31,34)(H,32,35)(H,33,36). The number of carbonyl (C=O) groups excluding carboxylic acids is 3. The Labute approximate surface area is 216 Å². The second kappa shape index (κ2) is 11.2. The molecule has 37 heavy (non-hydrogen) atoms. The zero-order chi connectivity index (χ0) is 26.4. The second-order valence-electron chi connectivity index (χ2n) is 10.1. The first-order chi connectivity index (χ1) is 17.7. The van der Waals surface area contributed by atoms with Gasteiger partial charge in [0.2, 0.25) is 5.91 Å². The number of para-hydroxylation sites is 2. The van der Waals surface area contributed by atoms with Crippen LogP contribution in [0, 0.1) is 0 Å². The third-order valence-electron chi connectivity index (χ3n) is 5.99. The number of ether oxygens (including phenoxy) is 1. The van der Waals surface area contributed by atoms with E-state index >= 15 is 0 Å². The number of anilines is 2. The van der Waals surface area contributed by atoms with E-state index in [9.17, 15) is 14.4 Å². The molecule has 0 spiro atoms. The fourth-order valence-electron chi connectivity index (χ4n) is 4.29. The van der Waals surface area contributed by atoms with Gasteiger partial charge in [-0.05, 0) is 87.1 Å². The topological polar surface area (TPSA) is 109 Å². The van der Waals surface area contributed by atoms with Crippen molar-refractivity contribution in [2.75, 3.05) is 10.6 Å². The molecule has 1 aliphatic rings. The highest BCUT2D eigenvalue weighted by Crippen LogP contribution is 2.32. The fourth-order valence-corrected chi connectivity index (χ4v) is 4.29. The Bertz CT molecular complexity index is 1280. The van der Waals surface area contributed by atoms with Crippen molar-refractivity contribution in [2.45, 2.75) is 58.1 Å². The number of fused-ring (bicyclic) bond motifs is 1. The Balaban J connectivity index is 1.37. The maximum absolute atomic E-state index is 13.0. The molecule has 0 bridgehead atoms. The molecule has 1 heterocycles. The third-order valence-corrected chi connectivity index (χ3v) is 5.99. The zero-order valence-corrected chi connectivity index (χ0v) is 21.3. The number of carbonyl (C=O) groups is 3. The van der Waals surface area contributed by atoms with Gasteiger partial charge < -0.3 is 15.4 Å². The number of aromatic nitrogens is 1. The van der Waals surface area contributed by atoms with Gasteiger partial charge in [-0.3, -0.25) is 19.9 Å². The average molecular weight is 501 g/mol. The van der Waals surface area contributed by atoms with Gasteiger partial charge in [0.05, 0.1) is 17.4 Å². The lowest BCUT2D eigenvalue weighted by Gasteiger charge is -2.20. The monoisotopic (exact) mass is 500 g/mol. The Kier molecular flexibility index (Phi) is 7.86. The van der Waals surface area contributed by atoms with E-state index in [1.165, 1.54) is 0 Å². The van der Waals surface area contributed by atoms with Crippen molar-refractivity contribution in [3.63, 3.8) is 0 Å². The smallest absolute Gasteiger partial charge is 0.412 e. The highest BCUT2D eigenvalue weighted by atomic mass is 16.6. The Hall–Kier alpha value is -4.20. The number of rotatable bonds is 7. The maximum atomic E-state index is 13.0. The summed E-state index contributed by atoms with van der Waals surface area (Å²) in [5, 5.41) is 8.69. The van der Waals surface area contributed by atoms with Crippen molar-refractivity contribution >= 4 is 29.3 Å². The minimum Gasteiger partial charge on any atom is -0.444 e. The number of hydrogen-bond acceptors (Lipinski definition) is 5. The van der Waals surface area contributed by atoms with Gasteiger partial charge >= 0.3 is 6.09 Å². The Morgan fingerprint density at radius 1 is 1.00 bits per heavy atom. The molecule has 0 radical (unpaired) electrons. The predicted octanol–water partition coefficient (Wildman–Crippen LogP) is 5.42. The van der Waals surface area contributed by atoms with Crippen LogP contribution in [0.2, 0.25) is 0 Å². The van der Waals surface area contributed by atoms with Crippen molar-refractivity contribution < 1.29 is 19.1 Å². The quantitative estimate of drug-likeness (QED) is 0.401. The summed E-state index contributed by atoms with van der Waals surface area (Å²) in [6.07, 6.45) is 5.50. The van der Waals surface area contributed by atoms with E-state index in [1.807, 2.05) is 24.3 Å². The zero-order valence-electron chi connectivity index (χ0n) is 21.3. The molecule has 3 N–H and O–H groups in total. The van der Waals surface area contributed by atoms with Gasteiger partial charge in [-0.25, -0.2) is 4.79 Å². The molecular weight excluding hydrogens is 468 g/mol. The summed E-state index contributed by atoms with van der Waals surface area (Å²) in [5.41, 5.74) is 3.91. The molecule has 1 aromatic heterocycles. The summed E-state index contributed by atoms with van der Waals surface area (Å²) in [4.78, 5) is 41.8. The first-order valence-electron chi connectivity index (χ1n) is 12.4. The number of aryl methyl sites for hydroxylation is 2. The minimum atomic E-state index is -0.636. The molecule has 8 heteroatoms. The van der Waals surface area contributed by atoms with E-state index in [0.29, 0.717) is 29.8 Å². The molecule has 8 nitrogen and oxygen atoms in total. The second-order valence-corrected chi connectivity index (χ2v) is 10.1. The van der Waals surface area contributed by atoms with Gasteiger partial charge in [0.1, 0.15) is 5.60 Å².